The molecule has 3 nitrogen and oxygen atoms in total. The molecule has 2 aliphatic rings. The lowest BCUT2D eigenvalue weighted by Gasteiger charge is -2.27. The molecule has 0 aromatic rings. The van der Waals surface area contributed by atoms with Gasteiger partial charge in [0.05, 0.1) is 6.61 Å². The van der Waals surface area contributed by atoms with Crippen LogP contribution in [0.5, 0.6) is 0 Å². The van der Waals surface area contributed by atoms with E-state index in [1.54, 1.807) is 0 Å². The van der Waals surface area contributed by atoms with Crippen LogP contribution in [-0.2, 0) is 4.74 Å². The van der Waals surface area contributed by atoms with Gasteiger partial charge in [0.2, 0.25) is 0 Å². The molecule has 1 aliphatic carbocycles. The van der Waals surface area contributed by atoms with Crippen LogP contribution >= 0.6 is 0 Å². The molecule has 1 aliphatic heterocycles. The van der Waals surface area contributed by atoms with E-state index < -0.39 is 0 Å². The molecule has 2 unspecified atom stereocenters. The normalized spacial score (nSPS) is 28.6. The highest BCUT2D eigenvalue weighted by Gasteiger charge is 2.31. The predicted molar refractivity (Wildman–Crippen MR) is 61.8 cm³/mol. The van der Waals surface area contributed by atoms with Crippen LogP contribution in [0.15, 0.2) is 0 Å². The first-order valence-corrected chi connectivity index (χ1v) is 6.38. The largest absolute Gasteiger partial charge is 0.381 e. The second kappa shape index (κ2) is 5.28. The third-order valence-electron chi connectivity index (χ3n) is 3.59. The van der Waals surface area contributed by atoms with Gasteiger partial charge in [0.15, 0.2) is 0 Å². The van der Waals surface area contributed by atoms with E-state index in [0.717, 1.165) is 32.2 Å². The summed E-state index contributed by atoms with van der Waals surface area (Å²) in [5, 5.41) is 0. The molecule has 1 saturated heterocycles. The molecule has 0 amide bonds. The maximum atomic E-state index is 6.25. The Morgan fingerprint density at radius 2 is 2.20 bits per heavy atom. The third kappa shape index (κ3) is 3.16. The quantitative estimate of drug-likeness (QED) is 0.719. The fourth-order valence-electron chi connectivity index (χ4n) is 2.46. The van der Waals surface area contributed by atoms with Crippen LogP contribution in [0.2, 0.25) is 0 Å². The molecule has 2 atom stereocenters. The number of ether oxygens (including phenoxy) is 1. The SMILES string of the molecule is CCCN(CC(N)C1CCOC1)C1CC1. The minimum absolute atomic E-state index is 0.319. The van der Waals surface area contributed by atoms with Crippen molar-refractivity contribution < 1.29 is 4.74 Å². The Kier molecular flexibility index (Phi) is 4.00. The summed E-state index contributed by atoms with van der Waals surface area (Å²) >= 11 is 0. The van der Waals surface area contributed by atoms with Crippen LogP contribution < -0.4 is 5.73 Å². The van der Waals surface area contributed by atoms with Gasteiger partial charge in [0.25, 0.3) is 0 Å². The van der Waals surface area contributed by atoms with Gasteiger partial charge >= 0.3 is 0 Å². The average Bonchev–Trinajstić information content (AvgIpc) is 2.92. The summed E-state index contributed by atoms with van der Waals surface area (Å²) in [6, 6.07) is 1.16. The van der Waals surface area contributed by atoms with Crippen molar-refractivity contribution in [2.45, 2.75) is 44.7 Å². The first-order valence-electron chi connectivity index (χ1n) is 6.38. The van der Waals surface area contributed by atoms with Crippen molar-refractivity contribution >= 4 is 0 Å². The monoisotopic (exact) mass is 212 g/mol. The van der Waals surface area contributed by atoms with Crippen LogP contribution in [0.25, 0.3) is 0 Å². The van der Waals surface area contributed by atoms with E-state index in [0.29, 0.717) is 12.0 Å². The zero-order chi connectivity index (χ0) is 10.7. The van der Waals surface area contributed by atoms with Gasteiger partial charge in [-0.3, -0.25) is 4.90 Å². The minimum atomic E-state index is 0.319. The Balaban J connectivity index is 1.76. The molecule has 2 rings (SSSR count). The molecule has 2 fully saturated rings. The fourth-order valence-corrected chi connectivity index (χ4v) is 2.46. The summed E-state index contributed by atoms with van der Waals surface area (Å²) < 4.78 is 5.40. The van der Waals surface area contributed by atoms with Gasteiger partial charge in [0.1, 0.15) is 0 Å². The van der Waals surface area contributed by atoms with Crippen LogP contribution in [0, 0.1) is 5.92 Å². The summed E-state index contributed by atoms with van der Waals surface area (Å²) in [5.74, 6) is 0.600. The van der Waals surface area contributed by atoms with Crippen molar-refractivity contribution in [2.24, 2.45) is 11.7 Å². The zero-order valence-electron chi connectivity index (χ0n) is 9.82. The smallest absolute Gasteiger partial charge is 0.0510 e. The second-order valence-electron chi connectivity index (χ2n) is 5.01. The fraction of sp³-hybridized carbons (Fsp3) is 1.00. The van der Waals surface area contributed by atoms with Crippen molar-refractivity contribution in [3.05, 3.63) is 0 Å². The minimum Gasteiger partial charge on any atom is -0.381 e. The van der Waals surface area contributed by atoms with Crippen LogP contribution in [0.1, 0.15) is 32.6 Å². The average molecular weight is 212 g/mol. The Bertz CT molecular complexity index is 188. The molecule has 2 N–H and O–H groups in total. The van der Waals surface area contributed by atoms with Crippen LogP contribution in [-0.4, -0.2) is 43.3 Å². The lowest BCUT2D eigenvalue weighted by Crippen LogP contribution is -2.43. The molecule has 0 spiro atoms. The van der Waals surface area contributed by atoms with E-state index in [2.05, 4.69) is 11.8 Å². The molecule has 88 valence electrons. The highest BCUT2D eigenvalue weighted by Crippen LogP contribution is 2.28. The topological polar surface area (TPSA) is 38.5 Å². The Morgan fingerprint density at radius 3 is 2.73 bits per heavy atom. The van der Waals surface area contributed by atoms with Gasteiger partial charge in [-0.2, -0.15) is 0 Å². The number of hydrogen-bond donors (Lipinski definition) is 1. The number of nitrogens with two attached hydrogens (primary N) is 1. The highest BCUT2D eigenvalue weighted by molar-refractivity contribution is 4.88. The first kappa shape index (κ1) is 11.4. The van der Waals surface area contributed by atoms with Gasteiger partial charge in [-0.15, -0.1) is 0 Å². The van der Waals surface area contributed by atoms with E-state index in [4.69, 9.17) is 10.5 Å². The molecule has 0 radical (unpaired) electrons. The first-order chi connectivity index (χ1) is 7.31. The van der Waals surface area contributed by atoms with Crippen molar-refractivity contribution in [3.63, 3.8) is 0 Å². The van der Waals surface area contributed by atoms with Gasteiger partial charge in [-0.05, 0) is 32.2 Å². The van der Waals surface area contributed by atoms with Gasteiger partial charge < -0.3 is 10.5 Å². The summed E-state index contributed by atoms with van der Waals surface area (Å²) in [6.45, 7) is 6.33. The van der Waals surface area contributed by atoms with Crippen molar-refractivity contribution in [1.29, 1.82) is 0 Å². The summed E-state index contributed by atoms with van der Waals surface area (Å²) in [4.78, 5) is 2.59. The molecule has 1 saturated carbocycles. The Morgan fingerprint density at radius 1 is 1.40 bits per heavy atom. The van der Waals surface area contributed by atoms with Gasteiger partial charge in [0, 0.05) is 31.2 Å². The molecule has 3 heteroatoms. The Labute approximate surface area is 93.0 Å². The highest BCUT2D eigenvalue weighted by atomic mass is 16.5. The maximum Gasteiger partial charge on any atom is 0.0510 e. The number of hydrogen-bond acceptors (Lipinski definition) is 3. The summed E-state index contributed by atoms with van der Waals surface area (Å²) in [5.41, 5.74) is 6.25. The van der Waals surface area contributed by atoms with Crippen molar-refractivity contribution in [3.8, 4) is 0 Å². The van der Waals surface area contributed by atoms with E-state index in [9.17, 15) is 0 Å². The van der Waals surface area contributed by atoms with Crippen LogP contribution in [0.3, 0.4) is 0 Å². The van der Waals surface area contributed by atoms with Gasteiger partial charge in [-0.25, -0.2) is 0 Å². The predicted octanol–water partition coefficient (Wildman–Crippen LogP) is 1.22. The van der Waals surface area contributed by atoms with Gasteiger partial charge in [-0.1, -0.05) is 6.92 Å². The lowest BCUT2D eigenvalue weighted by atomic mass is 9.99. The van der Waals surface area contributed by atoms with E-state index in [-0.39, 0.29) is 0 Å². The molecule has 0 aromatic carbocycles. The second-order valence-corrected chi connectivity index (χ2v) is 5.01. The van der Waals surface area contributed by atoms with Crippen LogP contribution in [0.4, 0.5) is 0 Å². The number of rotatable bonds is 6. The standard InChI is InChI=1S/C12H24N2O/c1-2-6-14(11-3-4-11)8-12(13)10-5-7-15-9-10/h10-12H,2-9,13H2,1H3. The number of nitrogens with zero attached hydrogens (tertiary/aromatic N) is 1. The molecule has 1 heterocycles. The molecule has 15 heavy (non-hydrogen) atoms. The molecule has 0 bridgehead atoms. The summed E-state index contributed by atoms with van der Waals surface area (Å²) in [7, 11) is 0. The molecular weight excluding hydrogens is 188 g/mol. The Hall–Kier alpha value is -0.120. The third-order valence-corrected chi connectivity index (χ3v) is 3.59. The lowest BCUT2D eigenvalue weighted by molar-refractivity contribution is 0.168. The maximum absolute atomic E-state index is 6.25. The van der Waals surface area contributed by atoms with E-state index >= 15 is 0 Å². The van der Waals surface area contributed by atoms with Crippen molar-refractivity contribution in [1.82, 2.24) is 4.90 Å². The van der Waals surface area contributed by atoms with E-state index in [1.807, 2.05) is 0 Å². The summed E-state index contributed by atoms with van der Waals surface area (Å²) in [6.07, 6.45) is 5.16. The van der Waals surface area contributed by atoms with Crippen molar-refractivity contribution in [2.75, 3.05) is 26.3 Å². The zero-order valence-corrected chi connectivity index (χ0v) is 9.82. The molecular formula is C12H24N2O. The van der Waals surface area contributed by atoms with E-state index in [1.165, 1.54) is 25.8 Å². The molecule has 0 aromatic heterocycles.